The van der Waals surface area contributed by atoms with Gasteiger partial charge in [0.25, 0.3) is 5.56 Å². The molecule has 0 N–H and O–H groups in total. The second kappa shape index (κ2) is 7.45. The normalized spacial score (nSPS) is 12.9. The van der Waals surface area contributed by atoms with Crippen molar-refractivity contribution in [3.8, 4) is 5.69 Å². The molecule has 160 valence electrons. The van der Waals surface area contributed by atoms with Crippen molar-refractivity contribution in [1.82, 2.24) is 14.5 Å². The van der Waals surface area contributed by atoms with Crippen LogP contribution in [0.3, 0.4) is 0 Å². The van der Waals surface area contributed by atoms with E-state index in [1.165, 1.54) is 0 Å². The predicted octanol–water partition coefficient (Wildman–Crippen LogP) is 5.05. The van der Waals surface area contributed by atoms with E-state index in [4.69, 9.17) is 0 Å². The summed E-state index contributed by atoms with van der Waals surface area (Å²) in [6.45, 7) is 8.98. The van der Waals surface area contributed by atoms with Gasteiger partial charge < -0.3 is 4.90 Å². The monoisotopic (exact) mass is 423 g/mol. The highest BCUT2D eigenvalue weighted by atomic mass is 16.2. The Kier molecular flexibility index (Phi) is 4.70. The van der Waals surface area contributed by atoms with Crippen LogP contribution in [-0.4, -0.2) is 20.4 Å². The van der Waals surface area contributed by atoms with E-state index in [2.05, 4.69) is 11.1 Å². The Bertz CT molecular complexity index is 1510. The molecule has 1 amide bonds. The topological polar surface area (TPSA) is 55.2 Å². The fraction of sp³-hybridized carbons (Fsp3) is 0.222. The van der Waals surface area contributed by atoms with Crippen LogP contribution in [0.25, 0.3) is 27.5 Å². The van der Waals surface area contributed by atoms with Crippen molar-refractivity contribution in [3.05, 3.63) is 92.9 Å². The number of carbonyl (C=O) groups excluding carboxylic acids is 1. The zero-order chi connectivity index (χ0) is 22.6. The van der Waals surface area contributed by atoms with Crippen LogP contribution in [0.1, 0.15) is 37.5 Å². The Balaban J connectivity index is 1.66. The minimum Gasteiger partial charge on any atom is -0.330 e. The summed E-state index contributed by atoms with van der Waals surface area (Å²) in [4.78, 5) is 32.3. The maximum atomic E-state index is 13.1. The first-order chi connectivity index (χ1) is 15.3. The molecule has 0 radical (unpaired) electrons. The highest BCUT2D eigenvalue weighted by Gasteiger charge is 2.25. The third-order valence-corrected chi connectivity index (χ3v) is 6.40. The van der Waals surface area contributed by atoms with Crippen molar-refractivity contribution in [1.29, 1.82) is 0 Å². The molecule has 1 aliphatic rings. The molecule has 0 saturated heterocycles. The van der Waals surface area contributed by atoms with E-state index in [9.17, 15) is 9.59 Å². The number of hydrogen-bond donors (Lipinski definition) is 0. The molecular formula is C27H25N3O2. The average molecular weight is 424 g/mol. The summed E-state index contributed by atoms with van der Waals surface area (Å²) >= 11 is 0. The van der Waals surface area contributed by atoms with E-state index < -0.39 is 0 Å². The lowest BCUT2D eigenvalue weighted by atomic mass is 10.1. The first-order valence-electron chi connectivity index (χ1n) is 10.8. The molecule has 5 rings (SSSR count). The molecule has 0 saturated carbocycles. The number of nitrogens with zero attached hydrogens (tertiary/aromatic N) is 3. The summed E-state index contributed by atoms with van der Waals surface area (Å²) < 4.78 is 1.77. The van der Waals surface area contributed by atoms with Crippen LogP contribution in [0, 0.1) is 6.92 Å². The highest BCUT2D eigenvalue weighted by molar-refractivity contribution is 6.04. The van der Waals surface area contributed by atoms with Crippen molar-refractivity contribution in [2.75, 3.05) is 0 Å². The molecule has 4 aromatic rings. The summed E-state index contributed by atoms with van der Waals surface area (Å²) in [7, 11) is 0. The van der Waals surface area contributed by atoms with Gasteiger partial charge in [0.05, 0.1) is 11.0 Å². The number of amides is 1. The first kappa shape index (κ1) is 20.2. The number of allylic oxidation sites excluding steroid dienone is 1. The van der Waals surface area contributed by atoms with Crippen molar-refractivity contribution in [3.63, 3.8) is 0 Å². The van der Waals surface area contributed by atoms with Crippen LogP contribution >= 0.6 is 0 Å². The third kappa shape index (κ3) is 3.21. The van der Waals surface area contributed by atoms with Crippen LogP contribution in [0.5, 0.6) is 0 Å². The van der Waals surface area contributed by atoms with Gasteiger partial charge in [-0.15, -0.1) is 0 Å². The lowest BCUT2D eigenvalue weighted by molar-refractivity contribution is -0.127. The van der Waals surface area contributed by atoms with E-state index >= 15 is 0 Å². The van der Waals surface area contributed by atoms with E-state index in [0.29, 0.717) is 13.1 Å². The summed E-state index contributed by atoms with van der Waals surface area (Å²) in [5.74, 6) is 0.0672. The Labute approximate surface area is 186 Å². The number of hydrogen-bond acceptors (Lipinski definition) is 3. The molecule has 2 aromatic carbocycles. The number of rotatable bonds is 2. The quantitative estimate of drug-likeness (QED) is 0.335. The fourth-order valence-corrected chi connectivity index (χ4v) is 4.40. The molecule has 3 heterocycles. The maximum Gasteiger partial charge on any atom is 0.255 e. The Morgan fingerprint density at radius 1 is 0.938 bits per heavy atom. The number of carbonyl (C=O) groups is 1. The molecule has 5 nitrogen and oxygen atoms in total. The molecule has 0 unspecified atom stereocenters. The van der Waals surface area contributed by atoms with Gasteiger partial charge in [-0.2, -0.15) is 0 Å². The van der Waals surface area contributed by atoms with E-state index in [-0.39, 0.29) is 11.5 Å². The first-order valence-corrected chi connectivity index (χ1v) is 10.8. The molecular weight excluding hydrogens is 398 g/mol. The van der Waals surface area contributed by atoms with Crippen LogP contribution in [0.2, 0.25) is 0 Å². The highest BCUT2D eigenvalue weighted by Crippen LogP contribution is 2.29. The molecule has 0 aliphatic carbocycles. The lowest BCUT2D eigenvalue weighted by Crippen LogP contribution is -2.26. The molecule has 0 spiro atoms. The Morgan fingerprint density at radius 2 is 1.72 bits per heavy atom. The van der Waals surface area contributed by atoms with Crippen molar-refractivity contribution >= 4 is 27.7 Å². The largest absolute Gasteiger partial charge is 0.330 e. The van der Waals surface area contributed by atoms with Crippen LogP contribution in [-0.2, 0) is 17.9 Å². The van der Waals surface area contributed by atoms with Crippen LogP contribution in [0.15, 0.2) is 70.7 Å². The standard InChI is InChI=1S/C27H25N3O2/c1-16(2)18(4)27(32)29-14-20-6-8-22(12-21(20)15-29)30-25(31)10-7-19-13-28-24-9-5-17(3)11-23(24)26(19)30/h5-13H,14-15H2,1-4H3. The van der Waals surface area contributed by atoms with Crippen molar-refractivity contribution < 1.29 is 4.79 Å². The lowest BCUT2D eigenvalue weighted by Gasteiger charge is -2.16. The average Bonchev–Trinajstić information content (AvgIpc) is 3.21. The molecule has 0 bridgehead atoms. The number of aromatic nitrogens is 2. The fourth-order valence-electron chi connectivity index (χ4n) is 4.40. The zero-order valence-corrected chi connectivity index (χ0v) is 18.8. The van der Waals surface area contributed by atoms with Crippen molar-refractivity contribution in [2.45, 2.75) is 40.8 Å². The van der Waals surface area contributed by atoms with Crippen molar-refractivity contribution in [2.24, 2.45) is 0 Å². The predicted molar refractivity (Wildman–Crippen MR) is 128 cm³/mol. The van der Waals surface area contributed by atoms with E-state index in [0.717, 1.165) is 55.3 Å². The van der Waals surface area contributed by atoms with E-state index in [1.54, 1.807) is 10.6 Å². The van der Waals surface area contributed by atoms with Gasteiger partial charge in [0.2, 0.25) is 5.91 Å². The zero-order valence-electron chi connectivity index (χ0n) is 18.8. The summed E-state index contributed by atoms with van der Waals surface area (Å²) in [5.41, 5.74) is 7.58. The van der Waals surface area contributed by atoms with Gasteiger partial charge in [-0.1, -0.05) is 23.3 Å². The Hall–Kier alpha value is -3.73. The summed E-state index contributed by atoms with van der Waals surface area (Å²) in [6, 6.07) is 15.6. The molecule has 5 heteroatoms. The second-order valence-electron chi connectivity index (χ2n) is 8.83. The maximum absolute atomic E-state index is 13.1. The van der Waals surface area contributed by atoms with Gasteiger partial charge in [-0.25, -0.2) is 0 Å². The molecule has 2 aromatic heterocycles. The number of benzene rings is 2. The van der Waals surface area contributed by atoms with Gasteiger partial charge in [-0.05, 0) is 69.2 Å². The van der Waals surface area contributed by atoms with Gasteiger partial charge in [0.1, 0.15) is 0 Å². The second-order valence-corrected chi connectivity index (χ2v) is 8.83. The Morgan fingerprint density at radius 3 is 2.50 bits per heavy atom. The minimum absolute atomic E-state index is 0.0672. The van der Waals surface area contributed by atoms with Gasteiger partial charge >= 0.3 is 0 Å². The smallest absolute Gasteiger partial charge is 0.255 e. The molecule has 0 atom stereocenters. The molecule has 0 fully saturated rings. The van der Waals surface area contributed by atoms with Gasteiger partial charge in [0.15, 0.2) is 0 Å². The van der Waals surface area contributed by atoms with Gasteiger partial charge in [-0.3, -0.25) is 19.1 Å². The molecule has 32 heavy (non-hydrogen) atoms. The number of fused-ring (bicyclic) bond motifs is 4. The SMILES string of the molecule is CC(C)=C(C)C(=O)N1Cc2ccc(-n3c(=O)ccc4cnc5ccc(C)cc5c43)cc2C1. The third-order valence-electron chi connectivity index (χ3n) is 6.40. The summed E-state index contributed by atoms with van der Waals surface area (Å²) in [6.07, 6.45) is 1.82. The van der Waals surface area contributed by atoms with Crippen LogP contribution in [0.4, 0.5) is 0 Å². The summed E-state index contributed by atoms with van der Waals surface area (Å²) in [5, 5.41) is 1.87. The number of aryl methyl sites for hydroxylation is 1. The molecule has 1 aliphatic heterocycles. The van der Waals surface area contributed by atoms with Crippen LogP contribution < -0.4 is 5.56 Å². The van der Waals surface area contributed by atoms with Gasteiger partial charge in [0, 0.05) is 47.4 Å². The minimum atomic E-state index is -0.0854. The number of pyridine rings is 2. The van der Waals surface area contributed by atoms with E-state index in [1.807, 2.05) is 75.2 Å².